The topological polar surface area (TPSA) is 89.4 Å². The Kier molecular flexibility index (Phi) is 8.83. The molecule has 1 fully saturated rings. The first-order valence-electron chi connectivity index (χ1n) is 11.7. The third-order valence-electron chi connectivity index (χ3n) is 6.22. The second-order valence-corrected chi connectivity index (χ2v) is 8.44. The van der Waals surface area contributed by atoms with E-state index in [4.69, 9.17) is 10.2 Å². The van der Waals surface area contributed by atoms with E-state index in [1.807, 2.05) is 37.3 Å². The highest BCUT2D eigenvalue weighted by Crippen LogP contribution is 2.33. The first-order chi connectivity index (χ1) is 15.1. The number of likely N-dealkylation sites (tertiary alicyclic amines) is 1. The van der Waals surface area contributed by atoms with Crippen molar-refractivity contribution in [3.8, 4) is 11.3 Å². The van der Waals surface area contributed by atoms with Crippen LogP contribution in [0.5, 0.6) is 0 Å². The minimum absolute atomic E-state index is 0.0880. The zero-order valence-corrected chi connectivity index (χ0v) is 18.6. The number of ketones is 1. The van der Waals surface area contributed by atoms with E-state index in [1.54, 1.807) is 6.20 Å². The van der Waals surface area contributed by atoms with Crippen LogP contribution in [0.1, 0.15) is 83.1 Å². The molecule has 168 valence electrons. The van der Waals surface area contributed by atoms with Crippen molar-refractivity contribution in [2.75, 3.05) is 6.54 Å². The number of nitrogens with zero attached hydrogens (tertiary/aromatic N) is 2. The number of aromatic nitrogens is 1. The predicted molar refractivity (Wildman–Crippen MR) is 121 cm³/mol. The molecule has 1 amide bonds. The number of amides is 1. The van der Waals surface area contributed by atoms with Crippen molar-refractivity contribution in [1.29, 1.82) is 0 Å². The molecule has 2 aromatic rings. The van der Waals surface area contributed by atoms with Crippen molar-refractivity contribution in [3.05, 3.63) is 42.4 Å². The zero-order valence-electron chi connectivity index (χ0n) is 18.6. The molecule has 2 atom stereocenters. The fourth-order valence-electron chi connectivity index (χ4n) is 4.43. The number of Topliss-reactive ketones (excluding diaryl/α,β-unsaturated/α-hetero) is 1. The number of carbonyl (C=O) groups is 2. The summed E-state index contributed by atoms with van der Waals surface area (Å²) in [5.41, 5.74) is 6.78. The van der Waals surface area contributed by atoms with Crippen LogP contribution in [0, 0.1) is 0 Å². The summed E-state index contributed by atoms with van der Waals surface area (Å²) in [5, 5.41) is 0. The Morgan fingerprint density at radius 2 is 1.97 bits per heavy atom. The van der Waals surface area contributed by atoms with E-state index in [9.17, 15) is 9.59 Å². The van der Waals surface area contributed by atoms with Crippen LogP contribution in [0.15, 0.2) is 40.9 Å². The van der Waals surface area contributed by atoms with Crippen molar-refractivity contribution >= 4 is 11.7 Å². The lowest BCUT2D eigenvalue weighted by atomic mass is 10.0. The Bertz CT molecular complexity index is 834. The third kappa shape index (κ3) is 6.50. The van der Waals surface area contributed by atoms with Gasteiger partial charge in [0.2, 0.25) is 11.8 Å². The Labute approximate surface area is 185 Å². The van der Waals surface area contributed by atoms with Gasteiger partial charge >= 0.3 is 0 Å². The fraction of sp³-hybridized carbons (Fsp3) is 0.560. The highest BCUT2D eigenvalue weighted by atomic mass is 16.4. The molecule has 6 heteroatoms. The highest BCUT2D eigenvalue weighted by Gasteiger charge is 2.34. The average Bonchev–Trinajstić information content (AvgIpc) is 3.14. The van der Waals surface area contributed by atoms with Crippen molar-refractivity contribution in [2.45, 2.75) is 83.2 Å². The summed E-state index contributed by atoms with van der Waals surface area (Å²) in [6.07, 6.45) is 10.6. The third-order valence-corrected chi connectivity index (χ3v) is 6.22. The van der Waals surface area contributed by atoms with Gasteiger partial charge in [0.1, 0.15) is 5.78 Å². The standard InChI is InChI=1S/C25H35N3O3/c1-2-20(29)14-8-4-9-16-22(28-17-11-5-10-15-21(28)24(26)30)25-27-18-23(31-25)19-12-6-3-7-13-19/h3,6-7,12-13,18,21-22H,2,4-5,8-11,14-17H2,1H3,(H2,26,30)/t21?,22-/m0/s1. The Hall–Kier alpha value is -2.47. The average molecular weight is 426 g/mol. The molecule has 0 bridgehead atoms. The Morgan fingerprint density at radius 1 is 1.16 bits per heavy atom. The van der Waals surface area contributed by atoms with Gasteiger partial charge in [-0.3, -0.25) is 14.5 Å². The van der Waals surface area contributed by atoms with Crippen LogP contribution in [0.25, 0.3) is 11.3 Å². The molecular formula is C25H35N3O3. The first-order valence-corrected chi connectivity index (χ1v) is 11.7. The number of unbranched alkanes of at least 4 members (excludes halogenated alkanes) is 2. The van der Waals surface area contributed by atoms with Gasteiger partial charge in [-0.05, 0) is 32.2 Å². The smallest absolute Gasteiger partial charge is 0.234 e. The molecule has 1 aromatic heterocycles. The second kappa shape index (κ2) is 11.8. The van der Waals surface area contributed by atoms with Crippen LogP contribution in [-0.2, 0) is 9.59 Å². The molecule has 1 aromatic carbocycles. The van der Waals surface area contributed by atoms with Crippen LogP contribution >= 0.6 is 0 Å². The van der Waals surface area contributed by atoms with Gasteiger partial charge in [-0.15, -0.1) is 0 Å². The number of nitrogens with two attached hydrogens (primary N) is 1. The second-order valence-electron chi connectivity index (χ2n) is 8.44. The summed E-state index contributed by atoms with van der Waals surface area (Å²) in [7, 11) is 0. The number of hydrogen-bond acceptors (Lipinski definition) is 5. The summed E-state index contributed by atoms with van der Waals surface area (Å²) in [5.74, 6) is 1.43. The van der Waals surface area contributed by atoms with Crippen molar-refractivity contribution in [3.63, 3.8) is 0 Å². The van der Waals surface area contributed by atoms with E-state index in [0.29, 0.717) is 24.5 Å². The lowest BCUT2D eigenvalue weighted by Gasteiger charge is -2.33. The van der Waals surface area contributed by atoms with Crippen LogP contribution in [-0.4, -0.2) is 34.2 Å². The molecular weight excluding hydrogens is 390 g/mol. The van der Waals surface area contributed by atoms with Gasteiger partial charge in [-0.25, -0.2) is 4.98 Å². The van der Waals surface area contributed by atoms with Crippen LogP contribution in [0.2, 0.25) is 0 Å². The summed E-state index contributed by atoms with van der Waals surface area (Å²) < 4.78 is 6.21. The Balaban J connectivity index is 1.77. The molecule has 2 heterocycles. The van der Waals surface area contributed by atoms with Gasteiger partial charge in [0.05, 0.1) is 18.3 Å². The maximum Gasteiger partial charge on any atom is 0.234 e. The molecule has 1 unspecified atom stereocenters. The molecule has 0 radical (unpaired) electrons. The van der Waals surface area contributed by atoms with E-state index in [0.717, 1.165) is 69.2 Å². The summed E-state index contributed by atoms with van der Waals surface area (Å²) >= 11 is 0. The van der Waals surface area contributed by atoms with Gasteiger partial charge in [0.25, 0.3) is 0 Å². The summed E-state index contributed by atoms with van der Waals surface area (Å²) in [4.78, 5) is 30.7. The van der Waals surface area contributed by atoms with E-state index in [2.05, 4.69) is 9.88 Å². The van der Waals surface area contributed by atoms with Crippen molar-refractivity contribution in [1.82, 2.24) is 9.88 Å². The normalized spacial score (nSPS) is 18.4. The number of oxazole rings is 1. The van der Waals surface area contributed by atoms with E-state index in [1.165, 1.54) is 0 Å². The van der Waals surface area contributed by atoms with Crippen LogP contribution in [0.3, 0.4) is 0 Å². The quantitative estimate of drug-likeness (QED) is 0.509. The molecule has 2 N–H and O–H groups in total. The molecule has 1 aliphatic rings. The van der Waals surface area contributed by atoms with Gasteiger partial charge in [-0.1, -0.05) is 62.9 Å². The predicted octanol–water partition coefficient (Wildman–Crippen LogP) is 5.04. The molecule has 0 aliphatic carbocycles. The molecule has 6 nitrogen and oxygen atoms in total. The lowest BCUT2D eigenvalue weighted by molar-refractivity contribution is -0.124. The number of hydrogen-bond donors (Lipinski definition) is 1. The molecule has 31 heavy (non-hydrogen) atoms. The Morgan fingerprint density at radius 3 is 2.71 bits per heavy atom. The largest absolute Gasteiger partial charge is 0.439 e. The molecule has 1 aliphatic heterocycles. The van der Waals surface area contributed by atoms with Crippen LogP contribution in [0.4, 0.5) is 0 Å². The van der Waals surface area contributed by atoms with Gasteiger partial charge in [0.15, 0.2) is 5.76 Å². The van der Waals surface area contributed by atoms with Gasteiger partial charge in [0, 0.05) is 18.4 Å². The summed E-state index contributed by atoms with van der Waals surface area (Å²) in [6.45, 7) is 2.73. The monoisotopic (exact) mass is 425 g/mol. The zero-order chi connectivity index (χ0) is 22.1. The van der Waals surface area contributed by atoms with E-state index < -0.39 is 0 Å². The van der Waals surface area contributed by atoms with E-state index >= 15 is 0 Å². The van der Waals surface area contributed by atoms with Gasteiger partial charge in [-0.2, -0.15) is 0 Å². The van der Waals surface area contributed by atoms with E-state index in [-0.39, 0.29) is 18.0 Å². The number of rotatable bonds is 11. The van der Waals surface area contributed by atoms with Crippen LogP contribution < -0.4 is 5.73 Å². The number of benzene rings is 1. The SMILES string of the molecule is CCC(=O)CCCCC[C@@H](c1ncc(-c2ccccc2)o1)N1CCCCCC1C(N)=O. The number of carbonyl (C=O) groups excluding carboxylic acids is 2. The van der Waals surface area contributed by atoms with Crippen molar-refractivity contribution < 1.29 is 14.0 Å². The molecule has 0 saturated carbocycles. The molecule has 3 rings (SSSR count). The number of primary amides is 1. The minimum atomic E-state index is -0.291. The maximum absolute atomic E-state index is 12.3. The molecule has 1 saturated heterocycles. The maximum atomic E-state index is 12.3. The van der Waals surface area contributed by atoms with Crippen molar-refractivity contribution in [2.24, 2.45) is 5.73 Å². The first kappa shape index (κ1) is 23.2. The molecule has 0 spiro atoms. The highest BCUT2D eigenvalue weighted by molar-refractivity contribution is 5.80. The summed E-state index contributed by atoms with van der Waals surface area (Å²) in [6, 6.07) is 9.55. The fourth-order valence-corrected chi connectivity index (χ4v) is 4.43. The van der Waals surface area contributed by atoms with Gasteiger partial charge < -0.3 is 10.2 Å². The minimum Gasteiger partial charge on any atom is -0.439 e. The lowest BCUT2D eigenvalue weighted by Crippen LogP contribution is -2.46.